The molecule has 1 amide bonds. The summed E-state index contributed by atoms with van der Waals surface area (Å²) in [6.07, 6.45) is 0. The third kappa shape index (κ3) is 3.75. The molecule has 0 aliphatic rings. The van der Waals surface area contributed by atoms with Gasteiger partial charge in [-0.3, -0.25) is 9.69 Å². The summed E-state index contributed by atoms with van der Waals surface area (Å²) >= 11 is 0. The number of carbonyl (C=O) groups is 1. The normalized spacial score (nSPS) is 10.9. The van der Waals surface area contributed by atoms with Crippen molar-refractivity contribution in [1.82, 2.24) is 4.90 Å². The summed E-state index contributed by atoms with van der Waals surface area (Å²) in [4.78, 5) is 15.7. The SMILES string of the molecule is CC(C)N(C)CC(=O)N(C)c1ccc(N)cc1. The van der Waals surface area contributed by atoms with Crippen molar-refractivity contribution >= 4 is 17.3 Å². The largest absolute Gasteiger partial charge is 0.399 e. The first kappa shape index (κ1) is 13.5. The Hall–Kier alpha value is -1.55. The van der Waals surface area contributed by atoms with Gasteiger partial charge in [0.1, 0.15) is 0 Å². The molecule has 0 saturated heterocycles. The molecular weight excluding hydrogens is 214 g/mol. The number of nitrogens with zero attached hydrogens (tertiary/aromatic N) is 2. The molecule has 0 heterocycles. The van der Waals surface area contributed by atoms with Crippen molar-refractivity contribution in [2.24, 2.45) is 0 Å². The third-order valence-corrected chi connectivity index (χ3v) is 2.92. The lowest BCUT2D eigenvalue weighted by molar-refractivity contribution is -0.119. The molecule has 0 aromatic heterocycles. The molecule has 17 heavy (non-hydrogen) atoms. The first-order valence-electron chi connectivity index (χ1n) is 5.74. The van der Waals surface area contributed by atoms with Crippen molar-refractivity contribution < 1.29 is 4.79 Å². The molecule has 0 fully saturated rings. The summed E-state index contributed by atoms with van der Waals surface area (Å²) in [5.41, 5.74) is 7.18. The number of hydrogen-bond donors (Lipinski definition) is 1. The van der Waals surface area contributed by atoms with E-state index in [9.17, 15) is 4.79 Å². The first-order chi connectivity index (χ1) is 7.91. The van der Waals surface area contributed by atoms with E-state index in [2.05, 4.69) is 13.8 Å². The number of hydrogen-bond acceptors (Lipinski definition) is 3. The molecule has 1 rings (SSSR count). The maximum Gasteiger partial charge on any atom is 0.240 e. The van der Waals surface area contributed by atoms with Crippen molar-refractivity contribution in [2.45, 2.75) is 19.9 Å². The molecule has 4 heteroatoms. The minimum absolute atomic E-state index is 0.0750. The fourth-order valence-electron chi connectivity index (χ4n) is 1.34. The Bertz CT molecular complexity index is 373. The number of rotatable bonds is 4. The van der Waals surface area contributed by atoms with Gasteiger partial charge in [0.2, 0.25) is 5.91 Å². The molecule has 0 bridgehead atoms. The average Bonchev–Trinajstić information content (AvgIpc) is 2.28. The second-order valence-electron chi connectivity index (χ2n) is 4.55. The van der Waals surface area contributed by atoms with Crippen molar-refractivity contribution in [3.05, 3.63) is 24.3 Å². The summed E-state index contributed by atoms with van der Waals surface area (Å²) in [7, 11) is 3.72. The smallest absolute Gasteiger partial charge is 0.240 e. The van der Waals surface area contributed by atoms with Crippen molar-refractivity contribution in [3.8, 4) is 0 Å². The molecular formula is C13H21N3O. The van der Waals surface area contributed by atoms with Crippen molar-refractivity contribution in [1.29, 1.82) is 0 Å². The zero-order chi connectivity index (χ0) is 13.0. The van der Waals surface area contributed by atoms with Crippen molar-refractivity contribution in [3.63, 3.8) is 0 Å². The summed E-state index contributed by atoms with van der Waals surface area (Å²) in [6.45, 7) is 4.55. The Labute approximate surface area is 103 Å². The van der Waals surface area contributed by atoms with Gasteiger partial charge < -0.3 is 10.6 Å². The third-order valence-electron chi connectivity index (χ3n) is 2.92. The topological polar surface area (TPSA) is 49.6 Å². The van der Waals surface area contributed by atoms with E-state index >= 15 is 0 Å². The highest BCUT2D eigenvalue weighted by Crippen LogP contribution is 2.15. The lowest BCUT2D eigenvalue weighted by atomic mass is 10.2. The second kappa shape index (κ2) is 5.68. The molecule has 0 aliphatic heterocycles. The number of likely N-dealkylation sites (N-methyl/N-ethyl adjacent to an activating group) is 2. The monoisotopic (exact) mass is 235 g/mol. The fraction of sp³-hybridized carbons (Fsp3) is 0.462. The van der Waals surface area contributed by atoms with Gasteiger partial charge >= 0.3 is 0 Å². The quantitative estimate of drug-likeness (QED) is 0.806. The molecule has 0 radical (unpaired) electrons. The standard InChI is InChI=1S/C13H21N3O/c1-10(2)15(3)9-13(17)16(4)12-7-5-11(14)6-8-12/h5-8,10H,9,14H2,1-4H3. The number of anilines is 2. The van der Waals surface area contributed by atoms with Crippen LogP contribution in [0.3, 0.4) is 0 Å². The fourth-order valence-corrected chi connectivity index (χ4v) is 1.34. The van der Waals surface area contributed by atoms with Crippen LogP contribution in [-0.2, 0) is 4.79 Å². The zero-order valence-corrected chi connectivity index (χ0v) is 11.0. The molecule has 0 atom stereocenters. The predicted molar refractivity (Wildman–Crippen MR) is 72.0 cm³/mol. The van der Waals surface area contributed by atoms with E-state index in [4.69, 9.17) is 5.73 Å². The number of carbonyl (C=O) groups excluding carboxylic acids is 1. The molecule has 4 nitrogen and oxygen atoms in total. The highest BCUT2D eigenvalue weighted by Gasteiger charge is 2.14. The van der Waals surface area contributed by atoms with Gasteiger partial charge in [0.15, 0.2) is 0 Å². The van der Waals surface area contributed by atoms with Gasteiger partial charge in [-0.1, -0.05) is 0 Å². The lowest BCUT2D eigenvalue weighted by Gasteiger charge is -2.24. The maximum atomic E-state index is 12.0. The van der Waals surface area contributed by atoms with Gasteiger partial charge in [-0.05, 0) is 45.2 Å². The van der Waals surface area contributed by atoms with Crippen molar-refractivity contribution in [2.75, 3.05) is 31.3 Å². The molecule has 1 aromatic rings. The minimum Gasteiger partial charge on any atom is -0.399 e. The van der Waals surface area contributed by atoms with Crippen LogP contribution < -0.4 is 10.6 Å². The highest BCUT2D eigenvalue weighted by atomic mass is 16.2. The number of nitrogens with two attached hydrogens (primary N) is 1. The van der Waals surface area contributed by atoms with Crippen LogP contribution in [0.5, 0.6) is 0 Å². The molecule has 0 spiro atoms. The highest BCUT2D eigenvalue weighted by molar-refractivity contribution is 5.94. The Kier molecular flexibility index (Phi) is 4.52. The molecule has 94 valence electrons. The van der Waals surface area contributed by atoms with Gasteiger partial charge in [0, 0.05) is 24.5 Å². The Morgan fingerprint density at radius 3 is 2.24 bits per heavy atom. The average molecular weight is 235 g/mol. The minimum atomic E-state index is 0.0750. The molecule has 2 N–H and O–H groups in total. The lowest BCUT2D eigenvalue weighted by Crippen LogP contribution is -2.39. The van der Waals surface area contributed by atoms with Crippen LogP contribution in [0.2, 0.25) is 0 Å². The van der Waals surface area contributed by atoms with E-state index in [0.29, 0.717) is 18.3 Å². The Morgan fingerprint density at radius 2 is 1.76 bits per heavy atom. The van der Waals surface area contributed by atoms with Gasteiger partial charge in [-0.15, -0.1) is 0 Å². The van der Waals surface area contributed by atoms with E-state index in [1.54, 1.807) is 24.1 Å². The molecule has 0 saturated carbocycles. The summed E-state index contributed by atoms with van der Waals surface area (Å²) in [6, 6.07) is 7.65. The Morgan fingerprint density at radius 1 is 1.24 bits per heavy atom. The van der Waals surface area contributed by atoms with Crippen LogP contribution in [-0.4, -0.2) is 37.5 Å². The number of benzene rings is 1. The van der Waals surface area contributed by atoms with Gasteiger partial charge in [0.25, 0.3) is 0 Å². The van der Waals surface area contributed by atoms with E-state index in [1.165, 1.54) is 0 Å². The van der Waals surface area contributed by atoms with Gasteiger partial charge in [0.05, 0.1) is 6.54 Å². The zero-order valence-electron chi connectivity index (χ0n) is 11.0. The predicted octanol–water partition coefficient (Wildman–Crippen LogP) is 1.57. The van der Waals surface area contributed by atoms with Crippen LogP contribution in [0.15, 0.2) is 24.3 Å². The van der Waals surface area contributed by atoms with E-state index in [0.717, 1.165) is 5.69 Å². The van der Waals surface area contributed by atoms with Crippen LogP contribution in [0.4, 0.5) is 11.4 Å². The summed E-state index contributed by atoms with van der Waals surface area (Å²) in [5, 5.41) is 0. The van der Waals surface area contributed by atoms with E-state index in [-0.39, 0.29) is 5.91 Å². The van der Waals surface area contributed by atoms with Crippen LogP contribution in [0.1, 0.15) is 13.8 Å². The summed E-state index contributed by atoms with van der Waals surface area (Å²) in [5.74, 6) is 0.0750. The second-order valence-corrected chi connectivity index (χ2v) is 4.55. The van der Waals surface area contributed by atoms with Crippen LogP contribution in [0.25, 0.3) is 0 Å². The first-order valence-corrected chi connectivity index (χ1v) is 5.74. The molecule has 1 aromatic carbocycles. The van der Waals surface area contributed by atoms with Gasteiger partial charge in [-0.25, -0.2) is 0 Å². The number of nitrogen functional groups attached to an aromatic ring is 1. The number of amides is 1. The van der Waals surface area contributed by atoms with E-state index < -0.39 is 0 Å². The van der Waals surface area contributed by atoms with E-state index in [1.807, 2.05) is 24.1 Å². The maximum absolute atomic E-state index is 12.0. The van der Waals surface area contributed by atoms with Crippen LogP contribution in [0, 0.1) is 0 Å². The molecule has 0 aliphatic carbocycles. The Balaban J connectivity index is 2.66. The van der Waals surface area contributed by atoms with Gasteiger partial charge in [-0.2, -0.15) is 0 Å². The summed E-state index contributed by atoms with van der Waals surface area (Å²) < 4.78 is 0. The molecule has 0 unspecified atom stereocenters. The van der Waals surface area contributed by atoms with Crippen LogP contribution >= 0.6 is 0 Å².